The molecule has 2 amide bonds. The van der Waals surface area contributed by atoms with Crippen LogP contribution in [0.3, 0.4) is 0 Å². The molecule has 0 fully saturated rings. The Morgan fingerprint density at radius 1 is 1.00 bits per heavy atom. The average Bonchev–Trinajstić information content (AvgIpc) is 3.38. The lowest BCUT2D eigenvalue weighted by Gasteiger charge is -2.16. The fraction of sp³-hybridized carbons (Fsp3) is 0.226. The number of nitrogens with one attached hydrogen (secondary N) is 2. The molecule has 3 aromatic carbocycles. The predicted octanol–water partition coefficient (Wildman–Crippen LogP) is 4.37. The summed E-state index contributed by atoms with van der Waals surface area (Å²) in [7, 11) is 6.14. The zero-order valence-electron chi connectivity index (χ0n) is 25.1. The van der Waals surface area contributed by atoms with Crippen molar-refractivity contribution in [2.75, 3.05) is 33.6 Å². The lowest BCUT2D eigenvalue weighted by atomic mass is 10.1. The van der Waals surface area contributed by atoms with Crippen LogP contribution in [-0.2, 0) is 19.3 Å². The van der Waals surface area contributed by atoms with Gasteiger partial charge in [0, 0.05) is 19.3 Å². The van der Waals surface area contributed by atoms with Crippen LogP contribution in [0.1, 0.15) is 16.8 Å². The molecule has 0 spiro atoms. The van der Waals surface area contributed by atoms with Gasteiger partial charge in [-0.2, -0.15) is 13.2 Å². The Morgan fingerprint density at radius 3 is 2.33 bits per heavy atom. The van der Waals surface area contributed by atoms with E-state index in [2.05, 4.69) is 15.7 Å². The van der Waals surface area contributed by atoms with Crippen LogP contribution in [0.4, 0.5) is 28.0 Å². The molecule has 2 N–H and O–H groups in total. The first kappa shape index (κ1) is 32.0. The fourth-order valence-corrected chi connectivity index (χ4v) is 5.09. The van der Waals surface area contributed by atoms with E-state index in [0.29, 0.717) is 15.9 Å². The molecule has 0 unspecified atom stereocenters. The summed E-state index contributed by atoms with van der Waals surface area (Å²) in [6.45, 7) is -0.536. The first-order valence-electron chi connectivity index (χ1n) is 13.8. The maximum Gasteiger partial charge on any atom is 0.416 e. The van der Waals surface area contributed by atoms with Crippen LogP contribution in [0.15, 0.2) is 76.3 Å². The van der Waals surface area contributed by atoms with Gasteiger partial charge in [0.2, 0.25) is 0 Å². The Balaban J connectivity index is 1.86. The first-order chi connectivity index (χ1) is 21.8. The lowest BCUT2D eigenvalue weighted by molar-refractivity contribution is -0.138. The van der Waals surface area contributed by atoms with Crippen LogP contribution in [-0.4, -0.2) is 58.1 Å². The number of urea groups is 1. The highest BCUT2D eigenvalue weighted by atomic mass is 19.4. The standard InChI is InChI=1S/C31H29F4N7O4/c1-36-29(44)37-19-12-14-20(15-13-19)42-23(17-39(2)3)25-27(38-42)40(16-18-8-5-6-9-21(18)31(33,34)35)30(45)41(28(25)43)22-10-7-11-24(46-4)26(22)32/h5-15H,16-17H2,1-4H3,(H2,36,37,44). The van der Waals surface area contributed by atoms with Crippen molar-refractivity contribution in [3.05, 3.63) is 110 Å². The molecule has 0 aliphatic rings. The summed E-state index contributed by atoms with van der Waals surface area (Å²) in [6, 6.07) is 14.6. The molecule has 46 heavy (non-hydrogen) atoms. The largest absolute Gasteiger partial charge is 0.494 e. The topological polar surface area (TPSA) is 115 Å². The van der Waals surface area contributed by atoms with Crippen molar-refractivity contribution < 1.29 is 27.1 Å². The zero-order chi connectivity index (χ0) is 33.3. The Morgan fingerprint density at radius 2 is 1.70 bits per heavy atom. The SMILES string of the molecule is CNC(=O)Nc1ccc(-n2nc3c(c2CN(C)C)c(=O)n(-c2cccc(OC)c2F)c(=O)n3Cc2ccccc2C(F)(F)F)cc1. The van der Waals surface area contributed by atoms with Gasteiger partial charge in [-0.1, -0.05) is 24.3 Å². The van der Waals surface area contributed by atoms with Crippen LogP contribution in [0, 0.1) is 5.82 Å². The smallest absolute Gasteiger partial charge is 0.416 e. The minimum Gasteiger partial charge on any atom is -0.494 e. The van der Waals surface area contributed by atoms with E-state index in [1.54, 1.807) is 43.3 Å². The van der Waals surface area contributed by atoms with E-state index in [-0.39, 0.29) is 34.6 Å². The van der Waals surface area contributed by atoms with Crippen LogP contribution < -0.4 is 26.6 Å². The van der Waals surface area contributed by atoms with Crippen molar-refractivity contribution in [1.82, 2.24) is 29.1 Å². The number of methoxy groups -OCH3 is 1. The summed E-state index contributed by atoms with van der Waals surface area (Å²) in [6.07, 6.45) is -4.74. The Labute approximate surface area is 259 Å². The third-order valence-corrected chi connectivity index (χ3v) is 7.18. The molecular formula is C31H29F4N7O4. The highest BCUT2D eigenvalue weighted by Crippen LogP contribution is 2.33. The highest BCUT2D eigenvalue weighted by molar-refractivity contribution is 5.89. The molecule has 0 atom stereocenters. The van der Waals surface area contributed by atoms with Crippen LogP contribution >= 0.6 is 0 Å². The number of alkyl halides is 3. The van der Waals surface area contributed by atoms with Crippen LogP contribution in [0.25, 0.3) is 22.4 Å². The molecule has 11 nitrogen and oxygen atoms in total. The minimum atomic E-state index is -4.74. The summed E-state index contributed by atoms with van der Waals surface area (Å²) in [4.78, 5) is 41.8. The third kappa shape index (κ3) is 5.96. The van der Waals surface area contributed by atoms with Crippen molar-refractivity contribution in [3.63, 3.8) is 0 Å². The van der Waals surface area contributed by atoms with E-state index >= 15 is 4.39 Å². The molecule has 240 valence electrons. The molecule has 15 heteroatoms. The number of hydrogen-bond acceptors (Lipinski definition) is 6. The van der Waals surface area contributed by atoms with Gasteiger partial charge in [0.15, 0.2) is 17.2 Å². The number of nitrogens with zero attached hydrogens (tertiary/aromatic N) is 5. The van der Waals surface area contributed by atoms with Gasteiger partial charge >= 0.3 is 17.9 Å². The Hall–Kier alpha value is -5.44. The van der Waals surface area contributed by atoms with E-state index in [4.69, 9.17) is 4.74 Å². The van der Waals surface area contributed by atoms with Crippen LogP contribution in [0.2, 0.25) is 0 Å². The van der Waals surface area contributed by atoms with Gasteiger partial charge in [-0.25, -0.2) is 23.2 Å². The number of halogens is 4. The highest BCUT2D eigenvalue weighted by Gasteiger charge is 2.34. The Bertz CT molecular complexity index is 2050. The second-order valence-electron chi connectivity index (χ2n) is 10.5. The molecule has 0 saturated carbocycles. The maximum absolute atomic E-state index is 15.6. The van der Waals surface area contributed by atoms with Crippen molar-refractivity contribution in [3.8, 4) is 17.1 Å². The number of aromatic nitrogens is 4. The number of rotatable bonds is 8. The van der Waals surface area contributed by atoms with Crippen molar-refractivity contribution in [2.45, 2.75) is 19.3 Å². The average molecular weight is 640 g/mol. The molecule has 2 aromatic heterocycles. The van der Waals surface area contributed by atoms with Crippen molar-refractivity contribution in [1.29, 1.82) is 0 Å². The van der Waals surface area contributed by atoms with E-state index in [1.165, 1.54) is 55.2 Å². The summed E-state index contributed by atoms with van der Waals surface area (Å²) in [5.74, 6) is -1.25. The monoisotopic (exact) mass is 639 g/mol. The Kier molecular flexibility index (Phi) is 8.70. The van der Waals surface area contributed by atoms with Crippen LogP contribution in [0.5, 0.6) is 5.75 Å². The summed E-state index contributed by atoms with van der Waals surface area (Å²) in [5.41, 5.74) is -2.75. The quantitative estimate of drug-likeness (QED) is 0.244. The predicted molar refractivity (Wildman–Crippen MR) is 163 cm³/mol. The molecule has 0 bridgehead atoms. The van der Waals surface area contributed by atoms with Crippen molar-refractivity contribution >= 4 is 22.8 Å². The van der Waals surface area contributed by atoms with Crippen molar-refractivity contribution in [2.24, 2.45) is 0 Å². The molecule has 0 saturated heterocycles. The van der Waals surface area contributed by atoms with E-state index < -0.39 is 47.1 Å². The molecule has 5 aromatic rings. The van der Waals surface area contributed by atoms with Gasteiger partial charge in [-0.3, -0.25) is 9.36 Å². The number of amides is 2. The number of carbonyl (C=O) groups excluding carboxylic acids is 1. The van der Waals surface area contributed by atoms with E-state index in [9.17, 15) is 27.6 Å². The maximum atomic E-state index is 15.6. The zero-order valence-corrected chi connectivity index (χ0v) is 25.1. The minimum absolute atomic E-state index is 0.0991. The van der Waals surface area contributed by atoms with Gasteiger partial charge in [-0.05, 0) is 62.1 Å². The van der Waals surface area contributed by atoms with E-state index in [1.807, 2.05) is 0 Å². The fourth-order valence-electron chi connectivity index (χ4n) is 5.09. The van der Waals surface area contributed by atoms with Gasteiger partial charge in [0.1, 0.15) is 5.39 Å². The van der Waals surface area contributed by atoms with Gasteiger partial charge in [-0.15, -0.1) is 5.10 Å². The molecule has 0 radical (unpaired) electrons. The van der Waals surface area contributed by atoms with E-state index in [0.717, 1.165) is 10.6 Å². The summed E-state index contributed by atoms with van der Waals surface area (Å²) >= 11 is 0. The molecule has 2 heterocycles. The normalized spacial score (nSPS) is 11.7. The van der Waals surface area contributed by atoms with Gasteiger partial charge in [0.05, 0.1) is 36.3 Å². The van der Waals surface area contributed by atoms with Gasteiger partial charge < -0.3 is 20.3 Å². The number of fused-ring (bicyclic) bond motifs is 1. The number of hydrogen-bond donors (Lipinski definition) is 2. The second kappa shape index (κ2) is 12.5. The first-order valence-corrected chi connectivity index (χ1v) is 13.8. The number of anilines is 1. The molecular weight excluding hydrogens is 610 g/mol. The van der Waals surface area contributed by atoms with Gasteiger partial charge in [0.25, 0.3) is 5.56 Å². The number of ether oxygens (including phenoxy) is 1. The molecule has 5 rings (SSSR count). The summed E-state index contributed by atoms with van der Waals surface area (Å²) < 4.78 is 65.6. The summed E-state index contributed by atoms with van der Waals surface area (Å²) in [5, 5.41) is 9.55. The molecule has 0 aliphatic carbocycles. The lowest BCUT2D eigenvalue weighted by Crippen LogP contribution is -2.40. The molecule has 0 aliphatic heterocycles. The number of carbonyl (C=O) groups is 1. The third-order valence-electron chi connectivity index (χ3n) is 7.18. The second-order valence-corrected chi connectivity index (χ2v) is 10.5. The number of benzene rings is 3.